The summed E-state index contributed by atoms with van der Waals surface area (Å²) in [6.07, 6.45) is -0.0325. The van der Waals surface area contributed by atoms with Gasteiger partial charge in [-0.15, -0.1) is 0 Å². The van der Waals surface area contributed by atoms with Crippen molar-refractivity contribution in [1.29, 1.82) is 0 Å². The summed E-state index contributed by atoms with van der Waals surface area (Å²) in [6, 6.07) is 11.0. The van der Waals surface area contributed by atoms with Crippen LogP contribution in [0.5, 0.6) is 5.75 Å². The number of carbonyl (C=O) groups is 2. The van der Waals surface area contributed by atoms with Gasteiger partial charge in [-0.05, 0) is 48.9 Å². The summed E-state index contributed by atoms with van der Waals surface area (Å²) in [6.45, 7) is 3.19. The summed E-state index contributed by atoms with van der Waals surface area (Å²) in [5, 5.41) is 2.74. The topological polar surface area (TPSA) is 111 Å². The van der Waals surface area contributed by atoms with Crippen molar-refractivity contribution < 1.29 is 32.2 Å². The maximum atomic E-state index is 13.1. The number of carbonyl (C=O) groups excluding carboxylic acids is 2. The molecular weight excluding hydrogens is 436 g/mol. The van der Waals surface area contributed by atoms with Crippen LogP contribution in [0, 0.1) is 0 Å². The lowest BCUT2D eigenvalue weighted by molar-refractivity contribution is -0.115. The third-order valence-corrected chi connectivity index (χ3v) is 6.78. The number of sulfonamides is 1. The van der Waals surface area contributed by atoms with Crippen molar-refractivity contribution in [1.82, 2.24) is 4.31 Å². The number of hydrogen-bond acceptors (Lipinski definition) is 7. The van der Waals surface area contributed by atoms with E-state index in [1.54, 1.807) is 43.3 Å². The summed E-state index contributed by atoms with van der Waals surface area (Å²) in [7, 11) is -2.38. The molecule has 172 valence electrons. The van der Waals surface area contributed by atoms with Crippen LogP contribution < -0.4 is 10.1 Å². The van der Waals surface area contributed by atoms with E-state index in [4.69, 9.17) is 14.2 Å². The molecule has 1 fully saturated rings. The summed E-state index contributed by atoms with van der Waals surface area (Å²) in [4.78, 5) is 24.2. The van der Waals surface area contributed by atoms with Crippen LogP contribution in [0.15, 0.2) is 47.4 Å². The fourth-order valence-electron chi connectivity index (χ4n) is 3.25. The minimum absolute atomic E-state index is 0.0194. The molecule has 2 aromatic rings. The number of methoxy groups -OCH3 is 1. The van der Waals surface area contributed by atoms with Crippen molar-refractivity contribution in [2.24, 2.45) is 0 Å². The first-order chi connectivity index (χ1) is 15.3. The molecule has 0 aromatic heterocycles. The highest BCUT2D eigenvalue weighted by Crippen LogP contribution is 2.28. The zero-order chi connectivity index (χ0) is 23.1. The van der Waals surface area contributed by atoms with E-state index in [0.29, 0.717) is 30.0 Å². The molecule has 0 bridgehead atoms. The lowest BCUT2D eigenvalue weighted by atomic mass is 10.1. The second-order valence-electron chi connectivity index (χ2n) is 7.02. The van der Waals surface area contributed by atoms with Gasteiger partial charge in [0.15, 0.2) is 0 Å². The summed E-state index contributed by atoms with van der Waals surface area (Å²) >= 11 is 0. The standard InChI is InChI=1S/C22H26N2O7S/c1-3-31-22(26)17-5-7-18(8-6-17)23-21(25)15-16-4-9-19(29-2)20(14-16)32(27,28)24-10-12-30-13-11-24/h4-9,14H,3,10-13,15H2,1-2H3,(H,23,25). The lowest BCUT2D eigenvalue weighted by Gasteiger charge is -2.26. The van der Waals surface area contributed by atoms with Crippen molar-refractivity contribution in [3.8, 4) is 5.75 Å². The average Bonchev–Trinajstić information content (AvgIpc) is 2.80. The fourth-order valence-corrected chi connectivity index (χ4v) is 4.87. The zero-order valence-corrected chi connectivity index (χ0v) is 18.8. The Morgan fingerprint density at radius 1 is 1.09 bits per heavy atom. The van der Waals surface area contributed by atoms with Gasteiger partial charge in [0.05, 0.1) is 38.9 Å². The number of hydrogen-bond donors (Lipinski definition) is 1. The van der Waals surface area contributed by atoms with E-state index in [0.717, 1.165) is 0 Å². The molecule has 1 heterocycles. The van der Waals surface area contributed by atoms with Gasteiger partial charge >= 0.3 is 5.97 Å². The van der Waals surface area contributed by atoms with Crippen LogP contribution in [-0.2, 0) is 30.7 Å². The van der Waals surface area contributed by atoms with Gasteiger partial charge in [-0.1, -0.05) is 6.07 Å². The van der Waals surface area contributed by atoms with Crippen LogP contribution >= 0.6 is 0 Å². The zero-order valence-electron chi connectivity index (χ0n) is 18.0. The number of nitrogens with zero attached hydrogens (tertiary/aromatic N) is 1. The van der Waals surface area contributed by atoms with Gasteiger partial charge in [0.2, 0.25) is 15.9 Å². The van der Waals surface area contributed by atoms with Gasteiger partial charge in [-0.2, -0.15) is 4.31 Å². The number of ether oxygens (including phenoxy) is 3. The molecule has 1 N–H and O–H groups in total. The molecule has 2 aromatic carbocycles. The minimum atomic E-state index is -3.79. The van der Waals surface area contributed by atoms with Crippen molar-refractivity contribution >= 4 is 27.6 Å². The van der Waals surface area contributed by atoms with Crippen molar-refractivity contribution in [2.75, 3.05) is 45.3 Å². The molecule has 1 amide bonds. The first-order valence-electron chi connectivity index (χ1n) is 10.2. The van der Waals surface area contributed by atoms with Gasteiger partial charge in [0, 0.05) is 18.8 Å². The van der Waals surface area contributed by atoms with E-state index in [1.165, 1.54) is 17.5 Å². The summed E-state index contributed by atoms with van der Waals surface area (Å²) in [5.74, 6) is -0.540. The van der Waals surface area contributed by atoms with Crippen molar-refractivity contribution in [3.05, 3.63) is 53.6 Å². The average molecular weight is 463 g/mol. The summed E-state index contributed by atoms with van der Waals surface area (Å²) < 4.78 is 42.9. The predicted molar refractivity (Wildman–Crippen MR) is 117 cm³/mol. The Hall–Kier alpha value is -2.95. The Morgan fingerprint density at radius 3 is 2.41 bits per heavy atom. The summed E-state index contributed by atoms with van der Waals surface area (Å²) in [5.41, 5.74) is 1.42. The number of morpholine rings is 1. The van der Waals surface area contributed by atoms with E-state index in [9.17, 15) is 18.0 Å². The quantitative estimate of drug-likeness (QED) is 0.598. The molecule has 0 aliphatic carbocycles. The van der Waals surface area contributed by atoms with Gasteiger partial charge in [0.25, 0.3) is 0 Å². The molecule has 1 aliphatic heterocycles. The Bertz CT molecular complexity index is 1060. The van der Waals surface area contributed by atoms with Crippen LogP contribution in [0.4, 0.5) is 5.69 Å². The number of anilines is 1. The largest absolute Gasteiger partial charge is 0.495 e. The first kappa shape index (κ1) is 23.7. The van der Waals surface area contributed by atoms with Gasteiger partial charge in [-0.3, -0.25) is 4.79 Å². The van der Waals surface area contributed by atoms with Crippen LogP contribution in [0.3, 0.4) is 0 Å². The number of rotatable bonds is 8. The maximum absolute atomic E-state index is 13.1. The first-order valence-corrected chi connectivity index (χ1v) is 11.6. The van der Waals surface area contributed by atoms with Crippen LogP contribution in [0.2, 0.25) is 0 Å². The molecular formula is C22H26N2O7S. The number of amides is 1. The Balaban J connectivity index is 1.72. The van der Waals surface area contributed by atoms with Gasteiger partial charge < -0.3 is 19.5 Å². The molecule has 10 heteroatoms. The highest BCUT2D eigenvalue weighted by Gasteiger charge is 2.29. The second-order valence-corrected chi connectivity index (χ2v) is 8.93. The lowest BCUT2D eigenvalue weighted by Crippen LogP contribution is -2.40. The van der Waals surface area contributed by atoms with E-state index < -0.39 is 16.0 Å². The smallest absolute Gasteiger partial charge is 0.338 e. The van der Waals surface area contributed by atoms with Crippen LogP contribution in [0.25, 0.3) is 0 Å². The highest BCUT2D eigenvalue weighted by molar-refractivity contribution is 7.89. The van der Waals surface area contributed by atoms with Crippen molar-refractivity contribution in [3.63, 3.8) is 0 Å². The normalized spacial score (nSPS) is 14.6. The predicted octanol–water partition coefficient (Wildman–Crippen LogP) is 2.07. The molecule has 32 heavy (non-hydrogen) atoms. The Labute approximate surface area is 187 Å². The van der Waals surface area contributed by atoms with E-state index in [-0.39, 0.29) is 42.7 Å². The number of benzene rings is 2. The molecule has 0 saturated carbocycles. The van der Waals surface area contributed by atoms with E-state index in [2.05, 4.69) is 5.32 Å². The van der Waals surface area contributed by atoms with E-state index >= 15 is 0 Å². The molecule has 1 saturated heterocycles. The van der Waals surface area contributed by atoms with Gasteiger partial charge in [0.1, 0.15) is 10.6 Å². The second kappa shape index (κ2) is 10.6. The molecule has 9 nitrogen and oxygen atoms in total. The minimum Gasteiger partial charge on any atom is -0.495 e. The van der Waals surface area contributed by atoms with Crippen molar-refractivity contribution in [2.45, 2.75) is 18.2 Å². The Kier molecular flexibility index (Phi) is 7.84. The number of nitrogens with one attached hydrogen (secondary N) is 1. The maximum Gasteiger partial charge on any atom is 0.338 e. The molecule has 0 spiro atoms. The SMILES string of the molecule is CCOC(=O)c1ccc(NC(=O)Cc2ccc(OC)c(S(=O)(=O)N3CCOCC3)c2)cc1. The van der Waals surface area contributed by atoms with Gasteiger partial charge in [-0.25, -0.2) is 13.2 Å². The van der Waals surface area contributed by atoms with Crippen LogP contribution in [-0.4, -0.2) is 64.6 Å². The fraction of sp³-hybridized carbons (Fsp3) is 0.364. The molecule has 0 atom stereocenters. The molecule has 0 unspecified atom stereocenters. The Morgan fingerprint density at radius 2 is 1.78 bits per heavy atom. The highest BCUT2D eigenvalue weighted by atomic mass is 32.2. The van der Waals surface area contributed by atoms with E-state index in [1.807, 2.05) is 0 Å². The third-order valence-electron chi connectivity index (χ3n) is 4.86. The van der Waals surface area contributed by atoms with Crippen LogP contribution in [0.1, 0.15) is 22.8 Å². The molecule has 1 aliphatic rings. The number of esters is 1. The molecule has 3 rings (SSSR count). The monoisotopic (exact) mass is 462 g/mol. The third kappa shape index (κ3) is 5.64. The molecule has 0 radical (unpaired) electrons.